The highest BCUT2D eigenvalue weighted by Crippen LogP contribution is 2.18. The van der Waals surface area contributed by atoms with Crippen LogP contribution < -0.4 is 5.32 Å². The van der Waals surface area contributed by atoms with Crippen LogP contribution in [0.4, 0.5) is 0 Å². The zero-order chi connectivity index (χ0) is 11.5. The van der Waals surface area contributed by atoms with Gasteiger partial charge in [0.05, 0.1) is 6.10 Å². The minimum Gasteiger partial charge on any atom is -0.390 e. The summed E-state index contributed by atoms with van der Waals surface area (Å²) in [6.07, 6.45) is 2.37. The van der Waals surface area contributed by atoms with Crippen LogP contribution in [0.2, 0.25) is 0 Å². The fourth-order valence-corrected chi connectivity index (χ4v) is 2.24. The Morgan fingerprint density at radius 1 is 1.38 bits per heavy atom. The lowest BCUT2D eigenvalue weighted by Gasteiger charge is -2.38. The Morgan fingerprint density at radius 2 is 2.12 bits per heavy atom. The van der Waals surface area contributed by atoms with Gasteiger partial charge in [-0.3, -0.25) is 4.90 Å². The molecule has 2 atom stereocenters. The van der Waals surface area contributed by atoms with Crippen molar-refractivity contribution in [3.8, 4) is 0 Å². The molecule has 16 heavy (non-hydrogen) atoms. The van der Waals surface area contributed by atoms with Crippen molar-refractivity contribution >= 4 is 0 Å². The Morgan fingerprint density at radius 3 is 2.75 bits per heavy atom. The summed E-state index contributed by atoms with van der Waals surface area (Å²) >= 11 is 0. The van der Waals surface area contributed by atoms with Crippen molar-refractivity contribution in [2.45, 2.75) is 38.0 Å². The molecule has 4 nitrogen and oxygen atoms in total. The summed E-state index contributed by atoms with van der Waals surface area (Å²) < 4.78 is 0. The van der Waals surface area contributed by atoms with Crippen molar-refractivity contribution < 1.29 is 5.11 Å². The van der Waals surface area contributed by atoms with E-state index in [2.05, 4.69) is 29.1 Å². The SMILES string of the molecule is CC1CN(CC(O)CNC2CC2)CCN1C. The summed E-state index contributed by atoms with van der Waals surface area (Å²) in [6, 6.07) is 1.30. The third-order valence-corrected chi connectivity index (χ3v) is 3.73. The smallest absolute Gasteiger partial charge is 0.0791 e. The van der Waals surface area contributed by atoms with Crippen molar-refractivity contribution in [3.63, 3.8) is 0 Å². The van der Waals surface area contributed by atoms with E-state index in [9.17, 15) is 5.11 Å². The molecule has 0 aromatic heterocycles. The molecule has 0 bridgehead atoms. The van der Waals surface area contributed by atoms with Crippen molar-refractivity contribution in [3.05, 3.63) is 0 Å². The molecular weight excluding hydrogens is 202 g/mol. The average molecular weight is 227 g/mol. The van der Waals surface area contributed by atoms with Crippen molar-refractivity contribution in [1.82, 2.24) is 15.1 Å². The molecule has 0 aromatic carbocycles. The van der Waals surface area contributed by atoms with Gasteiger partial charge in [0.15, 0.2) is 0 Å². The van der Waals surface area contributed by atoms with Crippen LogP contribution in [0.3, 0.4) is 0 Å². The van der Waals surface area contributed by atoms with E-state index in [-0.39, 0.29) is 6.10 Å². The number of nitrogens with one attached hydrogen (secondary N) is 1. The van der Waals surface area contributed by atoms with Gasteiger partial charge in [-0.1, -0.05) is 0 Å². The lowest BCUT2D eigenvalue weighted by atomic mass is 10.2. The number of nitrogens with zero attached hydrogens (tertiary/aromatic N) is 2. The van der Waals surface area contributed by atoms with Gasteiger partial charge in [-0.05, 0) is 26.8 Å². The van der Waals surface area contributed by atoms with Crippen LogP contribution in [0, 0.1) is 0 Å². The Kier molecular flexibility index (Phi) is 4.19. The fourth-order valence-electron chi connectivity index (χ4n) is 2.24. The van der Waals surface area contributed by atoms with Gasteiger partial charge in [-0.15, -0.1) is 0 Å². The molecule has 1 aliphatic heterocycles. The third kappa shape index (κ3) is 3.70. The second kappa shape index (κ2) is 5.45. The van der Waals surface area contributed by atoms with E-state index in [0.717, 1.165) is 32.7 Å². The van der Waals surface area contributed by atoms with Gasteiger partial charge < -0.3 is 15.3 Å². The van der Waals surface area contributed by atoms with Crippen molar-refractivity contribution in [2.24, 2.45) is 0 Å². The first kappa shape index (κ1) is 12.3. The van der Waals surface area contributed by atoms with Crippen molar-refractivity contribution in [2.75, 3.05) is 39.8 Å². The van der Waals surface area contributed by atoms with Gasteiger partial charge in [0, 0.05) is 44.8 Å². The quantitative estimate of drug-likeness (QED) is 0.678. The number of aliphatic hydroxyl groups is 1. The summed E-state index contributed by atoms with van der Waals surface area (Å²) in [6.45, 7) is 7.10. The minimum absolute atomic E-state index is 0.212. The number of hydrogen-bond acceptors (Lipinski definition) is 4. The molecule has 0 radical (unpaired) electrons. The zero-order valence-electron chi connectivity index (χ0n) is 10.5. The minimum atomic E-state index is -0.212. The number of hydrogen-bond donors (Lipinski definition) is 2. The van der Waals surface area contributed by atoms with Gasteiger partial charge in [0.1, 0.15) is 0 Å². The van der Waals surface area contributed by atoms with E-state index in [4.69, 9.17) is 0 Å². The first-order valence-corrected chi connectivity index (χ1v) is 6.49. The van der Waals surface area contributed by atoms with E-state index in [1.807, 2.05) is 0 Å². The van der Waals surface area contributed by atoms with E-state index in [1.54, 1.807) is 0 Å². The van der Waals surface area contributed by atoms with Crippen LogP contribution in [0.1, 0.15) is 19.8 Å². The van der Waals surface area contributed by atoms with Crippen LogP contribution in [0.25, 0.3) is 0 Å². The van der Waals surface area contributed by atoms with Crippen molar-refractivity contribution in [1.29, 1.82) is 0 Å². The largest absolute Gasteiger partial charge is 0.390 e. The molecule has 1 saturated heterocycles. The highest BCUT2D eigenvalue weighted by Gasteiger charge is 2.24. The standard InChI is InChI=1S/C12H25N3O/c1-10-8-15(6-5-14(10)2)9-12(16)7-13-11-3-4-11/h10-13,16H,3-9H2,1-2H3. The number of likely N-dealkylation sites (N-methyl/N-ethyl adjacent to an activating group) is 1. The summed E-state index contributed by atoms with van der Waals surface area (Å²) in [4.78, 5) is 4.76. The Labute approximate surface area is 98.6 Å². The maximum atomic E-state index is 9.91. The monoisotopic (exact) mass is 227 g/mol. The second-order valence-corrected chi connectivity index (χ2v) is 5.43. The number of rotatable bonds is 5. The molecule has 2 aliphatic rings. The highest BCUT2D eigenvalue weighted by atomic mass is 16.3. The summed E-state index contributed by atoms with van der Waals surface area (Å²) in [5.74, 6) is 0. The normalized spacial score (nSPS) is 30.6. The average Bonchev–Trinajstić information content (AvgIpc) is 3.04. The maximum Gasteiger partial charge on any atom is 0.0791 e. The molecule has 2 N–H and O–H groups in total. The lowest BCUT2D eigenvalue weighted by Crippen LogP contribution is -2.52. The maximum absolute atomic E-state index is 9.91. The molecule has 2 rings (SSSR count). The summed E-state index contributed by atoms with van der Waals surface area (Å²) in [5.41, 5.74) is 0. The lowest BCUT2D eigenvalue weighted by molar-refractivity contribution is 0.0570. The molecule has 94 valence electrons. The first-order chi connectivity index (χ1) is 7.65. The molecule has 4 heteroatoms. The Bertz CT molecular complexity index is 220. The van der Waals surface area contributed by atoms with E-state index >= 15 is 0 Å². The van der Waals surface area contributed by atoms with Crippen LogP contribution in [0.15, 0.2) is 0 Å². The molecule has 2 fully saturated rings. The summed E-state index contributed by atoms with van der Waals surface area (Å²) in [5, 5.41) is 13.3. The fraction of sp³-hybridized carbons (Fsp3) is 1.00. The van der Waals surface area contributed by atoms with Crippen LogP contribution in [-0.4, -0.2) is 72.9 Å². The van der Waals surface area contributed by atoms with E-state index < -0.39 is 0 Å². The van der Waals surface area contributed by atoms with Gasteiger partial charge in [-0.2, -0.15) is 0 Å². The van der Waals surface area contributed by atoms with Crippen LogP contribution >= 0.6 is 0 Å². The zero-order valence-corrected chi connectivity index (χ0v) is 10.5. The molecule has 1 aliphatic carbocycles. The molecule has 0 spiro atoms. The first-order valence-electron chi connectivity index (χ1n) is 6.49. The molecule has 0 amide bonds. The van der Waals surface area contributed by atoms with Gasteiger partial charge in [0.2, 0.25) is 0 Å². The van der Waals surface area contributed by atoms with Gasteiger partial charge in [-0.25, -0.2) is 0 Å². The van der Waals surface area contributed by atoms with Crippen LogP contribution in [0.5, 0.6) is 0 Å². The van der Waals surface area contributed by atoms with Gasteiger partial charge in [0.25, 0.3) is 0 Å². The van der Waals surface area contributed by atoms with E-state index in [1.165, 1.54) is 12.8 Å². The summed E-state index contributed by atoms with van der Waals surface area (Å²) in [7, 11) is 2.17. The molecular formula is C12H25N3O. The van der Waals surface area contributed by atoms with E-state index in [0.29, 0.717) is 12.1 Å². The number of piperazine rings is 1. The van der Waals surface area contributed by atoms with Crippen LogP contribution in [-0.2, 0) is 0 Å². The number of aliphatic hydroxyl groups excluding tert-OH is 1. The highest BCUT2D eigenvalue weighted by molar-refractivity contribution is 4.83. The molecule has 2 unspecified atom stereocenters. The molecule has 1 saturated carbocycles. The molecule has 0 aromatic rings. The second-order valence-electron chi connectivity index (χ2n) is 5.43. The van der Waals surface area contributed by atoms with Gasteiger partial charge >= 0.3 is 0 Å². The Hall–Kier alpha value is -0.160. The predicted octanol–water partition coefficient (Wildman–Crippen LogP) is -0.265. The Balaban J connectivity index is 1.63. The number of β-amino-alcohol motifs (C(OH)–C–C–N with tert-alkyl or cyclic N) is 1. The third-order valence-electron chi connectivity index (χ3n) is 3.73. The molecule has 1 heterocycles. The topological polar surface area (TPSA) is 38.7 Å². The predicted molar refractivity (Wildman–Crippen MR) is 65.6 cm³/mol.